The van der Waals surface area contributed by atoms with Crippen LogP contribution in [0.3, 0.4) is 0 Å². The molecule has 2 rings (SSSR count). The van der Waals surface area contributed by atoms with Crippen molar-refractivity contribution in [2.24, 2.45) is 0 Å². The minimum absolute atomic E-state index is 0.0677. The van der Waals surface area contributed by atoms with E-state index in [4.69, 9.17) is 9.47 Å². The van der Waals surface area contributed by atoms with Crippen molar-refractivity contribution in [3.8, 4) is 0 Å². The van der Waals surface area contributed by atoms with E-state index < -0.39 is 6.10 Å². The van der Waals surface area contributed by atoms with Gasteiger partial charge in [-0.1, -0.05) is 30.3 Å². The molecule has 0 aliphatic carbocycles. The Bertz CT molecular complexity index is 441. The zero-order valence-corrected chi connectivity index (χ0v) is 11.0. The van der Waals surface area contributed by atoms with Crippen LogP contribution in [0, 0.1) is 0 Å². The normalized spacial score (nSPS) is 22.5. The molecule has 4 heteroatoms. The van der Waals surface area contributed by atoms with E-state index in [1.807, 2.05) is 30.3 Å². The van der Waals surface area contributed by atoms with Gasteiger partial charge in [-0.2, -0.15) is 0 Å². The molecule has 0 spiro atoms. The van der Waals surface area contributed by atoms with Crippen molar-refractivity contribution in [3.63, 3.8) is 0 Å². The lowest BCUT2D eigenvalue weighted by atomic mass is 10.0. The molecule has 0 saturated carbocycles. The molecule has 0 bridgehead atoms. The third-order valence-corrected chi connectivity index (χ3v) is 3.11. The third-order valence-electron chi connectivity index (χ3n) is 3.11. The Kier molecular flexibility index (Phi) is 4.68. The van der Waals surface area contributed by atoms with E-state index in [-0.39, 0.29) is 24.3 Å². The third kappa shape index (κ3) is 3.89. The lowest BCUT2D eigenvalue weighted by Crippen LogP contribution is -2.20. The second kappa shape index (κ2) is 6.48. The molecule has 1 heterocycles. The SMILES string of the molecule is CCOC(=O)C[C@@H]1CC(=O)[C@@H](Cc2ccccc2)O1. The molecule has 1 aromatic carbocycles. The smallest absolute Gasteiger partial charge is 0.308 e. The topological polar surface area (TPSA) is 52.6 Å². The summed E-state index contributed by atoms with van der Waals surface area (Å²) in [6.45, 7) is 2.11. The van der Waals surface area contributed by atoms with Crippen molar-refractivity contribution < 1.29 is 19.1 Å². The molecule has 4 nitrogen and oxygen atoms in total. The number of hydrogen-bond acceptors (Lipinski definition) is 4. The van der Waals surface area contributed by atoms with Crippen LogP contribution >= 0.6 is 0 Å². The van der Waals surface area contributed by atoms with Gasteiger partial charge < -0.3 is 9.47 Å². The second-order valence-corrected chi connectivity index (χ2v) is 4.62. The van der Waals surface area contributed by atoms with Crippen molar-refractivity contribution in [1.82, 2.24) is 0 Å². The molecular weight excluding hydrogens is 244 g/mol. The maximum Gasteiger partial charge on any atom is 0.308 e. The Morgan fingerprint density at radius 1 is 1.37 bits per heavy atom. The van der Waals surface area contributed by atoms with Gasteiger partial charge in [0.2, 0.25) is 0 Å². The summed E-state index contributed by atoms with van der Waals surface area (Å²) in [4.78, 5) is 23.2. The highest BCUT2D eigenvalue weighted by molar-refractivity contribution is 5.86. The van der Waals surface area contributed by atoms with E-state index in [0.717, 1.165) is 5.56 Å². The number of benzene rings is 1. The molecule has 0 unspecified atom stereocenters. The number of ether oxygens (including phenoxy) is 2. The Morgan fingerprint density at radius 2 is 2.11 bits per heavy atom. The quantitative estimate of drug-likeness (QED) is 0.761. The maximum atomic E-state index is 11.9. The molecule has 1 aromatic rings. The minimum atomic E-state index is -0.429. The molecular formula is C15H18O4. The number of Topliss-reactive ketones (excluding diaryl/α,β-unsaturated/α-hetero) is 1. The van der Waals surface area contributed by atoms with Crippen molar-refractivity contribution in [1.29, 1.82) is 0 Å². The van der Waals surface area contributed by atoms with E-state index in [2.05, 4.69) is 0 Å². The summed E-state index contributed by atoms with van der Waals surface area (Å²) in [5, 5.41) is 0. The van der Waals surface area contributed by atoms with Gasteiger partial charge in [0.25, 0.3) is 0 Å². The van der Waals surface area contributed by atoms with Crippen LogP contribution in [-0.2, 0) is 25.5 Å². The number of ketones is 1. The van der Waals surface area contributed by atoms with Gasteiger partial charge in [-0.15, -0.1) is 0 Å². The number of hydrogen-bond donors (Lipinski definition) is 0. The van der Waals surface area contributed by atoms with Crippen LogP contribution in [0.15, 0.2) is 30.3 Å². The average molecular weight is 262 g/mol. The van der Waals surface area contributed by atoms with Gasteiger partial charge in [0, 0.05) is 12.8 Å². The van der Waals surface area contributed by atoms with E-state index in [1.54, 1.807) is 6.92 Å². The van der Waals surface area contributed by atoms with E-state index in [1.165, 1.54) is 0 Å². The number of rotatable bonds is 5. The monoisotopic (exact) mass is 262 g/mol. The molecule has 1 aliphatic rings. The Hall–Kier alpha value is -1.68. The van der Waals surface area contributed by atoms with Crippen LogP contribution < -0.4 is 0 Å². The molecule has 0 amide bonds. The first-order valence-electron chi connectivity index (χ1n) is 6.56. The molecule has 0 radical (unpaired) electrons. The van der Waals surface area contributed by atoms with E-state index in [9.17, 15) is 9.59 Å². The number of carbonyl (C=O) groups is 2. The summed E-state index contributed by atoms with van der Waals surface area (Å²) in [5.41, 5.74) is 1.07. The lowest BCUT2D eigenvalue weighted by Gasteiger charge is -2.12. The molecule has 0 aromatic heterocycles. The minimum Gasteiger partial charge on any atom is -0.466 e. The highest BCUT2D eigenvalue weighted by Crippen LogP contribution is 2.22. The number of esters is 1. The first kappa shape index (κ1) is 13.7. The van der Waals surface area contributed by atoms with Gasteiger partial charge in [-0.3, -0.25) is 9.59 Å². The summed E-state index contributed by atoms with van der Waals surface area (Å²) in [6, 6.07) is 9.74. The highest BCUT2D eigenvalue weighted by atomic mass is 16.5. The zero-order chi connectivity index (χ0) is 13.7. The van der Waals surface area contributed by atoms with Crippen LogP contribution in [0.5, 0.6) is 0 Å². The average Bonchev–Trinajstić information content (AvgIpc) is 2.71. The number of carbonyl (C=O) groups excluding carboxylic acids is 2. The van der Waals surface area contributed by atoms with Gasteiger partial charge in [0.15, 0.2) is 5.78 Å². The molecule has 2 atom stereocenters. The summed E-state index contributed by atoms with van der Waals surface area (Å²) < 4.78 is 10.5. The Labute approximate surface area is 112 Å². The van der Waals surface area contributed by atoms with Crippen LogP contribution in [-0.4, -0.2) is 30.6 Å². The standard InChI is InChI=1S/C15H18O4/c1-2-18-15(17)10-12-9-13(16)14(19-12)8-11-6-4-3-5-7-11/h3-7,12,14H,2,8-10H2,1H3/t12-,14+/m0/s1. The molecule has 19 heavy (non-hydrogen) atoms. The summed E-state index contributed by atoms with van der Waals surface area (Å²) in [5.74, 6) is -0.237. The fourth-order valence-electron chi connectivity index (χ4n) is 2.23. The summed E-state index contributed by atoms with van der Waals surface area (Å²) >= 11 is 0. The first-order chi connectivity index (χ1) is 9.19. The summed E-state index contributed by atoms with van der Waals surface area (Å²) in [6.07, 6.45) is 0.266. The Morgan fingerprint density at radius 3 is 2.79 bits per heavy atom. The van der Waals surface area contributed by atoms with Crippen LogP contribution in [0.1, 0.15) is 25.3 Å². The van der Waals surface area contributed by atoms with Crippen molar-refractivity contribution in [3.05, 3.63) is 35.9 Å². The van der Waals surface area contributed by atoms with E-state index in [0.29, 0.717) is 19.4 Å². The zero-order valence-electron chi connectivity index (χ0n) is 11.0. The fourth-order valence-corrected chi connectivity index (χ4v) is 2.23. The lowest BCUT2D eigenvalue weighted by molar-refractivity contribution is -0.146. The molecule has 102 valence electrons. The van der Waals surface area contributed by atoms with E-state index >= 15 is 0 Å². The molecule has 1 saturated heterocycles. The first-order valence-corrected chi connectivity index (χ1v) is 6.56. The van der Waals surface area contributed by atoms with Crippen LogP contribution in [0.25, 0.3) is 0 Å². The van der Waals surface area contributed by atoms with Crippen molar-refractivity contribution in [2.75, 3.05) is 6.61 Å². The second-order valence-electron chi connectivity index (χ2n) is 4.62. The van der Waals surface area contributed by atoms with Gasteiger partial charge in [0.05, 0.1) is 19.1 Å². The largest absolute Gasteiger partial charge is 0.466 e. The molecule has 1 aliphatic heterocycles. The highest BCUT2D eigenvalue weighted by Gasteiger charge is 2.34. The van der Waals surface area contributed by atoms with Crippen LogP contribution in [0.2, 0.25) is 0 Å². The predicted molar refractivity (Wildman–Crippen MR) is 69.7 cm³/mol. The molecule has 1 fully saturated rings. The fraction of sp³-hybridized carbons (Fsp3) is 0.467. The van der Waals surface area contributed by atoms with Crippen molar-refractivity contribution in [2.45, 2.75) is 38.4 Å². The maximum absolute atomic E-state index is 11.9. The Balaban J connectivity index is 1.87. The summed E-state index contributed by atoms with van der Waals surface area (Å²) in [7, 11) is 0. The predicted octanol–water partition coefficient (Wildman–Crippen LogP) is 1.91. The van der Waals surface area contributed by atoms with Gasteiger partial charge in [-0.25, -0.2) is 0 Å². The van der Waals surface area contributed by atoms with Crippen LogP contribution in [0.4, 0.5) is 0 Å². The van der Waals surface area contributed by atoms with Gasteiger partial charge in [-0.05, 0) is 12.5 Å². The van der Waals surface area contributed by atoms with Gasteiger partial charge >= 0.3 is 5.97 Å². The molecule has 0 N–H and O–H groups in total. The van der Waals surface area contributed by atoms with Crippen molar-refractivity contribution >= 4 is 11.8 Å². The van der Waals surface area contributed by atoms with Gasteiger partial charge in [0.1, 0.15) is 6.10 Å².